The van der Waals surface area contributed by atoms with Crippen LogP contribution in [0.4, 0.5) is 0 Å². The van der Waals surface area contributed by atoms with Crippen molar-refractivity contribution >= 4 is 0 Å². The largest absolute Gasteiger partial charge is 0.370 e. The van der Waals surface area contributed by atoms with E-state index >= 15 is 0 Å². The van der Waals surface area contributed by atoms with Crippen molar-refractivity contribution in [3.05, 3.63) is 11.9 Å². The van der Waals surface area contributed by atoms with Gasteiger partial charge in [-0.15, -0.1) is 5.10 Å². The summed E-state index contributed by atoms with van der Waals surface area (Å²) in [5, 5.41) is 8.32. The highest BCUT2D eigenvalue weighted by molar-refractivity contribution is 5.05. The summed E-state index contributed by atoms with van der Waals surface area (Å²) in [5.41, 5.74) is 6.63. The van der Waals surface area contributed by atoms with Gasteiger partial charge in [0.1, 0.15) is 5.69 Å². The molecular formula is C14H24N4O. The highest BCUT2D eigenvalue weighted by Gasteiger charge is 2.42. The van der Waals surface area contributed by atoms with Gasteiger partial charge in [-0.3, -0.25) is 0 Å². The Bertz CT molecular complexity index is 443. The summed E-state index contributed by atoms with van der Waals surface area (Å²) in [5.74, 6) is 0. The van der Waals surface area contributed by atoms with Crippen molar-refractivity contribution in [2.24, 2.45) is 5.73 Å². The van der Waals surface area contributed by atoms with Crippen molar-refractivity contribution in [1.29, 1.82) is 0 Å². The molecule has 1 saturated heterocycles. The van der Waals surface area contributed by atoms with E-state index in [0.29, 0.717) is 0 Å². The number of ether oxygens (including phenoxy) is 1. The molecule has 0 bridgehead atoms. The zero-order valence-electron chi connectivity index (χ0n) is 11.9. The minimum atomic E-state index is -0.429. The van der Waals surface area contributed by atoms with Crippen LogP contribution >= 0.6 is 0 Å². The molecular weight excluding hydrogens is 240 g/mol. The third-order valence-corrected chi connectivity index (χ3v) is 4.44. The van der Waals surface area contributed by atoms with Crippen LogP contribution < -0.4 is 5.73 Å². The lowest BCUT2D eigenvalue weighted by Gasteiger charge is -2.23. The molecule has 5 heteroatoms. The second-order valence-electron chi connectivity index (χ2n) is 6.72. The number of hydrogen-bond donors (Lipinski definition) is 1. The second-order valence-corrected chi connectivity index (χ2v) is 6.72. The van der Waals surface area contributed by atoms with E-state index < -0.39 is 5.54 Å². The standard InChI is InChI=1S/C14H24N4O/c1-13(2,15)12-10-18(17-16-12)9-11-5-8-14(19-11)6-3-4-7-14/h10-11H,3-9,15H2,1-2H3. The molecule has 1 aliphatic carbocycles. The van der Waals surface area contributed by atoms with Gasteiger partial charge in [0.05, 0.1) is 30.0 Å². The maximum Gasteiger partial charge on any atom is 0.102 e. The van der Waals surface area contributed by atoms with Gasteiger partial charge in [0.25, 0.3) is 0 Å². The van der Waals surface area contributed by atoms with Crippen LogP contribution in [0.25, 0.3) is 0 Å². The molecule has 19 heavy (non-hydrogen) atoms. The Balaban J connectivity index is 1.62. The van der Waals surface area contributed by atoms with Gasteiger partial charge in [0.15, 0.2) is 0 Å². The van der Waals surface area contributed by atoms with Crippen LogP contribution in [0, 0.1) is 0 Å². The van der Waals surface area contributed by atoms with Gasteiger partial charge < -0.3 is 10.5 Å². The molecule has 1 unspecified atom stereocenters. The van der Waals surface area contributed by atoms with Crippen molar-refractivity contribution < 1.29 is 4.74 Å². The lowest BCUT2D eigenvalue weighted by molar-refractivity contribution is -0.0430. The molecule has 0 radical (unpaired) electrons. The summed E-state index contributed by atoms with van der Waals surface area (Å²) in [6.45, 7) is 4.69. The van der Waals surface area contributed by atoms with Gasteiger partial charge in [-0.25, -0.2) is 4.68 Å². The summed E-state index contributed by atoms with van der Waals surface area (Å²) in [4.78, 5) is 0. The Hall–Kier alpha value is -0.940. The minimum absolute atomic E-state index is 0.196. The Labute approximate surface area is 114 Å². The van der Waals surface area contributed by atoms with E-state index in [4.69, 9.17) is 10.5 Å². The number of nitrogens with two attached hydrogens (primary N) is 1. The van der Waals surface area contributed by atoms with E-state index in [1.54, 1.807) is 0 Å². The second kappa shape index (κ2) is 4.56. The van der Waals surface area contributed by atoms with Gasteiger partial charge in [-0.1, -0.05) is 18.1 Å². The predicted octanol–water partition coefficient (Wildman–Crippen LogP) is 1.96. The number of hydrogen-bond acceptors (Lipinski definition) is 4. The smallest absolute Gasteiger partial charge is 0.102 e. The quantitative estimate of drug-likeness (QED) is 0.906. The van der Waals surface area contributed by atoms with Crippen LogP contribution in [0.2, 0.25) is 0 Å². The summed E-state index contributed by atoms with van der Waals surface area (Å²) in [6.07, 6.45) is 9.70. The highest BCUT2D eigenvalue weighted by Crippen LogP contribution is 2.43. The van der Waals surface area contributed by atoms with Crippen LogP contribution in [0.15, 0.2) is 6.20 Å². The van der Waals surface area contributed by atoms with Gasteiger partial charge in [-0.05, 0) is 39.5 Å². The maximum absolute atomic E-state index is 6.29. The molecule has 2 fully saturated rings. The molecule has 0 amide bonds. The third kappa shape index (κ3) is 2.67. The summed E-state index contributed by atoms with van der Waals surface area (Å²) in [6, 6.07) is 0. The van der Waals surface area contributed by atoms with Crippen LogP contribution in [-0.2, 0) is 16.8 Å². The first-order chi connectivity index (χ1) is 8.97. The first-order valence-electron chi connectivity index (χ1n) is 7.34. The molecule has 0 aromatic carbocycles. The van der Waals surface area contributed by atoms with Crippen molar-refractivity contribution in [3.63, 3.8) is 0 Å². The SMILES string of the molecule is CC(C)(N)c1cn(CC2CCC3(CCCC3)O2)nn1. The zero-order valence-corrected chi connectivity index (χ0v) is 11.9. The predicted molar refractivity (Wildman–Crippen MR) is 72.5 cm³/mol. The van der Waals surface area contributed by atoms with E-state index in [0.717, 1.165) is 18.7 Å². The van der Waals surface area contributed by atoms with Crippen LogP contribution in [0.3, 0.4) is 0 Å². The average Bonchev–Trinajstić information content (AvgIpc) is 3.01. The summed E-state index contributed by atoms with van der Waals surface area (Å²) < 4.78 is 8.17. The number of rotatable bonds is 3. The molecule has 2 aliphatic rings. The van der Waals surface area contributed by atoms with Gasteiger partial charge in [-0.2, -0.15) is 0 Å². The number of aromatic nitrogens is 3. The Morgan fingerprint density at radius 1 is 1.42 bits per heavy atom. The fourth-order valence-electron chi connectivity index (χ4n) is 3.30. The molecule has 3 rings (SSSR count). The number of nitrogens with zero attached hydrogens (tertiary/aromatic N) is 3. The van der Waals surface area contributed by atoms with Crippen molar-refractivity contribution in [1.82, 2.24) is 15.0 Å². The Kier molecular flexibility index (Phi) is 3.14. The van der Waals surface area contributed by atoms with Crippen molar-refractivity contribution in [3.8, 4) is 0 Å². The lowest BCUT2D eigenvalue weighted by Crippen LogP contribution is -2.29. The highest BCUT2D eigenvalue weighted by atomic mass is 16.5. The molecule has 1 aliphatic heterocycles. The minimum Gasteiger partial charge on any atom is -0.370 e. The molecule has 106 valence electrons. The maximum atomic E-state index is 6.29. The van der Waals surface area contributed by atoms with E-state index in [1.165, 1.54) is 32.1 Å². The van der Waals surface area contributed by atoms with Crippen LogP contribution in [0.1, 0.15) is 58.1 Å². The van der Waals surface area contributed by atoms with Gasteiger partial charge in [0, 0.05) is 0 Å². The van der Waals surface area contributed by atoms with E-state index in [2.05, 4.69) is 10.3 Å². The first-order valence-corrected chi connectivity index (χ1v) is 7.34. The fraction of sp³-hybridized carbons (Fsp3) is 0.857. The molecule has 2 heterocycles. The van der Waals surface area contributed by atoms with Crippen molar-refractivity contribution in [2.45, 2.75) is 76.2 Å². The normalized spacial score (nSPS) is 26.4. The zero-order chi connectivity index (χ0) is 13.5. The van der Waals surface area contributed by atoms with Gasteiger partial charge in [0.2, 0.25) is 0 Å². The molecule has 1 aromatic heterocycles. The molecule has 1 atom stereocenters. The molecule has 2 N–H and O–H groups in total. The Morgan fingerprint density at radius 3 is 2.79 bits per heavy atom. The average molecular weight is 264 g/mol. The van der Waals surface area contributed by atoms with E-state index in [-0.39, 0.29) is 11.7 Å². The topological polar surface area (TPSA) is 66.0 Å². The summed E-state index contributed by atoms with van der Waals surface area (Å²) >= 11 is 0. The lowest BCUT2D eigenvalue weighted by atomic mass is 9.98. The fourth-order valence-corrected chi connectivity index (χ4v) is 3.30. The third-order valence-electron chi connectivity index (χ3n) is 4.44. The van der Waals surface area contributed by atoms with Crippen molar-refractivity contribution in [2.75, 3.05) is 0 Å². The first kappa shape index (κ1) is 13.1. The summed E-state index contributed by atoms with van der Waals surface area (Å²) in [7, 11) is 0. The molecule has 1 spiro atoms. The van der Waals surface area contributed by atoms with Crippen LogP contribution in [-0.4, -0.2) is 26.7 Å². The van der Waals surface area contributed by atoms with E-state index in [9.17, 15) is 0 Å². The molecule has 5 nitrogen and oxygen atoms in total. The molecule has 1 aromatic rings. The Morgan fingerprint density at radius 2 is 2.16 bits per heavy atom. The molecule has 1 saturated carbocycles. The monoisotopic (exact) mass is 264 g/mol. The van der Waals surface area contributed by atoms with E-state index in [1.807, 2.05) is 24.7 Å². The van der Waals surface area contributed by atoms with Crippen LogP contribution in [0.5, 0.6) is 0 Å². The van der Waals surface area contributed by atoms with Gasteiger partial charge >= 0.3 is 0 Å².